The molecule has 2 heterocycles. The molecule has 40 heavy (non-hydrogen) atoms. The average Bonchev–Trinajstić information content (AvgIpc) is 2.93. The molecule has 3 aromatic rings. The van der Waals surface area contributed by atoms with Crippen LogP contribution >= 0.6 is 23.2 Å². The number of likely N-dealkylation sites (N-methyl/N-ethyl adjacent to an activating group) is 1. The largest absolute Gasteiger partial charge is 0.438 e. The Morgan fingerprint density at radius 3 is 2.42 bits per heavy atom. The average molecular weight is 588 g/mol. The maximum atomic E-state index is 14.1. The normalized spacial score (nSPS) is 17.1. The van der Waals surface area contributed by atoms with Crippen LogP contribution in [0.15, 0.2) is 60.7 Å². The number of rotatable bonds is 7. The molecule has 0 saturated carbocycles. The van der Waals surface area contributed by atoms with Gasteiger partial charge in [0.1, 0.15) is 17.2 Å². The highest BCUT2D eigenvalue weighted by atomic mass is 35.5. The summed E-state index contributed by atoms with van der Waals surface area (Å²) in [5.41, 5.74) is 1.92. The van der Waals surface area contributed by atoms with E-state index in [0.29, 0.717) is 66.7 Å². The molecule has 10 heteroatoms. The number of piperidine rings is 1. The van der Waals surface area contributed by atoms with Crippen molar-refractivity contribution in [1.29, 1.82) is 0 Å². The van der Waals surface area contributed by atoms with Crippen LogP contribution in [0.2, 0.25) is 10.0 Å². The lowest BCUT2D eigenvalue weighted by molar-refractivity contribution is -0.132. The van der Waals surface area contributed by atoms with Gasteiger partial charge in [-0.1, -0.05) is 41.4 Å². The molecule has 1 saturated heterocycles. The molecule has 6 nitrogen and oxygen atoms in total. The molecular formula is C30H29Cl2F2N3O3. The number of hydrogen-bond donors (Lipinski definition) is 1. The Morgan fingerprint density at radius 1 is 1.02 bits per heavy atom. The second-order valence-corrected chi connectivity index (χ2v) is 11.2. The van der Waals surface area contributed by atoms with Gasteiger partial charge in [-0.2, -0.15) is 0 Å². The second kappa shape index (κ2) is 11.7. The van der Waals surface area contributed by atoms with E-state index in [1.54, 1.807) is 42.3 Å². The van der Waals surface area contributed by atoms with Crippen molar-refractivity contribution in [3.05, 3.63) is 99.0 Å². The van der Waals surface area contributed by atoms with Gasteiger partial charge in [0.25, 0.3) is 0 Å². The predicted molar refractivity (Wildman–Crippen MR) is 151 cm³/mol. The van der Waals surface area contributed by atoms with E-state index in [0.717, 1.165) is 11.1 Å². The number of carbonyl (C=O) groups excluding carboxylic acids is 2. The Bertz CT molecular complexity index is 1410. The smallest absolute Gasteiger partial charge is 0.412 e. The minimum Gasteiger partial charge on any atom is -0.438 e. The summed E-state index contributed by atoms with van der Waals surface area (Å²) in [5.74, 6) is -1.29. The number of hydrogen-bond acceptors (Lipinski definition) is 4. The third kappa shape index (κ3) is 6.09. The van der Waals surface area contributed by atoms with Gasteiger partial charge in [0, 0.05) is 45.1 Å². The summed E-state index contributed by atoms with van der Waals surface area (Å²) in [7, 11) is 1.73. The lowest BCUT2D eigenvalue weighted by atomic mass is 9.82. The van der Waals surface area contributed by atoms with Crippen molar-refractivity contribution < 1.29 is 23.1 Å². The zero-order valence-electron chi connectivity index (χ0n) is 21.9. The molecular weight excluding hydrogens is 559 g/mol. The van der Waals surface area contributed by atoms with Crippen LogP contribution in [0.3, 0.4) is 0 Å². The van der Waals surface area contributed by atoms with E-state index < -0.39 is 17.6 Å². The van der Waals surface area contributed by atoms with Gasteiger partial charge < -0.3 is 14.5 Å². The van der Waals surface area contributed by atoms with Crippen molar-refractivity contribution in [2.24, 2.45) is 0 Å². The Balaban J connectivity index is 1.29. The maximum absolute atomic E-state index is 14.1. The Kier molecular flexibility index (Phi) is 8.31. The van der Waals surface area contributed by atoms with E-state index in [2.05, 4.69) is 10.2 Å². The van der Waals surface area contributed by atoms with Gasteiger partial charge in [-0.25, -0.2) is 13.6 Å². The SMILES string of the molecule is CN(Cc1ccc(F)cc1)C(=O)C(CCN1CCC2(CC1)OC(=O)Nc1ccc(F)cc12)c1ccc(Cl)c(Cl)c1. The van der Waals surface area contributed by atoms with Crippen molar-refractivity contribution in [1.82, 2.24) is 9.80 Å². The lowest BCUT2D eigenvalue weighted by Crippen LogP contribution is -2.48. The molecule has 3 aromatic carbocycles. The zero-order chi connectivity index (χ0) is 28.4. The van der Waals surface area contributed by atoms with Crippen LogP contribution in [0, 0.1) is 11.6 Å². The zero-order valence-corrected chi connectivity index (χ0v) is 23.4. The Hall–Kier alpha value is -3.20. The van der Waals surface area contributed by atoms with E-state index in [1.165, 1.54) is 24.3 Å². The van der Waals surface area contributed by atoms with Gasteiger partial charge in [-0.15, -0.1) is 0 Å². The number of likely N-dealkylation sites (tertiary alicyclic amines) is 1. The second-order valence-electron chi connectivity index (χ2n) is 10.4. The number of benzene rings is 3. The summed E-state index contributed by atoms with van der Waals surface area (Å²) in [6.07, 6.45) is 0.992. The van der Waals surface area contributed by atoms with Gasteiger partial charge in [0.2, 0.25) is 5.91 Å². The van der Waals surface area contributed by atoms with E-state index >= 15 is 0 Å². The highest BCUT2D eigenvalue weighted by Gasteiger charge is 2.44. The van der Waals surface area contributed by atoms with Crippen LogP contribution in [0.1, 0.15) is 41.9 Å². The first kappa shape index (κ1) is 28.3. The molecule has 2 amide bonds. The van der Waals surface area contributed by atoms with E-state index in [1.807, 2.05) is 6.07 Å². The minimum atomic E-state index is -0.884. The summed E-state index contributed by atoms with van der Waals surface area (Å²) in [4.78, 5) is 29.8. The molecule has 1 spiro atoms. The quantitative estimate of drug-likeness (QED) is 0.324. The molecule has 0 aliphatic carbocycles. The van der Waals surface area contributed by atoms with Crippen molar-refractivity contribution >= 4 is 40.9 Å². The van der Waals surface area contributed by atoms with Gasteiger partial charge in [-0.05, 0) is 66.6 Å². The molecule has 0 aromatic heterocycles. The van der Waals surface area contributed by atoms with Crippen LogP contribution in [0.5, 0.6) is 0 Å². The minimum absolute atomic E-state index is 0.0899. The molecule has 1 unspecified atom stereocenters. The lowest BCUT2D eigenvalue weighted by Gasteiger charge is -2.44. The van der Waals surface area contributed by atoms with Gasteiger partial charge in [0.15, 0.2) is 0 Å². The molecule has 0 bridgehead atoms. The van der Waals surface area contributed by atoms with Crippen molar-refractivity contribution in [2.75, 3.05) is 32.0 Å². The Morgan fingerprint density at radius 2 is 1.73 bits per heavy atom. The fraction of sp³-hybridized carbons (Fsp3) is 0.333. The number of anilines is 1. The topological polar surface area (TPSA) is 61.9 Å². The van der Waals surface area contributed by atoms with Crippen molar-refractivity contribution in [3.63, 3.8) is 0 Å². The number of fused-ring (bicyclic) bond motifs is 2. The van der Waals surface area contributed by atoms with Gasteiger partial charge in [0.05, 0.1) is 21.7 Å². The predicted octanol–water partition coefficient (Wildman–Crippen LogP) is 6.96. The van der Waals surface area contributed by atoms with Crippen LogP contribution < -0.4 is 5.32 Å². The van der Waals surface area contributed by atoms with E-state index in [-0.39, 0.29) is 17.5 Å². The number of halogens is 4. The third-order valence-electron chi connectivity index (χ3n) is 7.75. The first-order valence-corrected chi connectivity index (χ1v) is 13.9. The number of amides is 2. The maximum Gasteiger partial charge on any atom is 0.412 e. The van der Waals surface area contributed by atoms with Crippen LogP contribution in [0.4, 0.5) is 19.3 Å². The molecule has 2 aliphatic rings. The number of ether oxygens (including phenoxy) is 1. The number of nitrogens with one attached hydrogen (secondary N) is 1. The number of nitrogens with zero attached hydrogens (tertiary/aromatic N) is 2. The van der Waals surface area contributed by atoms with Gasteiger partial charge in [-0.3, -0.25) is 10.1 Å². The summed E-state index contributed by atoms with van der Waals surface area (Å²) >= 11 is 12.4. The fourth-order valence-corrected chi connectivity index (χ4v) is 5.87. The van der Waals surface area contributed by atoms with Crippen LogP contribution in [-0.2, 0) is 21.7 Å². The first-order valence-electron chi connectivity index (χ1n) is 13.1. The monoisotopic (exact) mass is 587 g/mol. The first-order chi connectivity index (χ1) is 19.1. The van der Waals surface area contributed by atoms with Crippen molar-refractivity contribution in [2.45, 2.75) is 37.3 Å². The molecule has 1 N–H and O–H groups in total. The molecule has 0 radical (unpaired) electrons. The summed E-state index contributed by atoms with van der Waals surface area (Å²) in [6.45, 7) is 2.16. The van der Waals surface area contributed by atoms with E-state index in [4.69, 9.17) is 27.9 Å². The third-order valence-corrected chi connectivity index (χ3v) is 8.49. The highest BCUT2D eigenvalue weighted by molar-refractivity contribution is 6.42. The molecule has 210 valence electrons. The van der Waals surface area contributed by atoms with Gasteiger partial charge >= 0.3 is 6.09 Å². The summed E-state index contributed by atoms with van der Waals surface area (Å²) in [6, 6.07) is 15.6. The van der Waals surface area contributed by atoms with Crippen LogP contribution in [-0.4, -0.2) is 48.5 Å². The Labute approximate surface area is 241 Å². The molecule has 2 aliphatic heterocycles. The van der Waals surface area contributed by atoms with Crippen LogP contribution in [0.25, 0.3) is 0 Å². The highest BCUT2D eigenvalue weighted by Crippen LogP contribution is 2.44. The number of carbonyl (C=O) groups is 2. The molecule has 1 fully saturated rings. The molecule has 1 atom stereocenters. The summed E-state index contributed by atoms with van der Waals surface area (Å²) in [5, 5.41) is 3.44. The van der Waals surface area contributed by atoms with E-state index in [9.17, 15) is 18.4 Å². The summed E-state index contributed by atoms with van der Waals surface area (Å²) < 4.78 is 33.2. The molecule has 5 rings (SSSR count). The fourth-order valence-electron chi connectivity index (χ4n) is 5.56. The standard InChI is InChI=1S/C30H29Cl2F2N3O3/c1-36(18-19-2-5-21(33)6-3-19)28(38)23(20-4-8-25(31)26(32)16-20)10-13-37-14-11-30(12-15-37)24-17-22(34)7-9-27(24)35-29(39)40-30/h2-9,16-17,23H,10-15,18H2,1H3,(H,35,39). The van der Waals surface area contributed by atoms with Crippen molar-refractivity contribution in [3.8, 4) is 0 Å².